The first kappa shape index (κ1) is 19.6. The lowest BCUT2D eigenvalue weighted by molar-refractivity contribution is -0.131. The van der Waals surface area contributed by atoms with Gasteiger partial charge in [0.15, 0.2) is 11.7 Å². The van der Waals surface area contributed by atoms with Crippen LogP contribution in [0.2, 0.25) is 0 Å². The molecular formula is C22H23FN2O3. The molecule has 0 aliphatic carbocycles. The van der Waals surface area contributed by atoms with Crippen LogP contribution in [0.5, 0.6) is 5.75 Å². The Labute approximate surface area is 163 Å². The average molecular weight is 382 g/mol. The number of benzene rings is 2. The van der Waals surface area contributed by atoms with Gasteiger partial charge in [0.25, 0.3) is 0 Å². The fourth-order valence-electron chi connectivity index (χ4n) is 2.94. The first-order chi connectivity index (χ1) is 13.5. The molecule has 0 spiro atoms. The highest BCUT2D eigenvalue weighted by Gasteiger charge is 2.20. The van der Waals surface area contributed by atoms with Gasteiger partial charge in [-0.25, -0.2) is 9.37 Å². The molecule has 0 radical (unpaired) electrons. The summed E-state index contributed by atoms with van der Waals surface area (Å²) in [5.74, 6) is 1.48. The summed E-state index contributed by atoms with van der Waals surface area (Å²) in [6.45, 7) is 1.81. The van der Waals surface area contributed by atoms with Crippen molar-refractivity contribution < 1.29 is 18.3 Å². The molecule has 146 valence electrons. The van der Waals surface area contributed by atoms with E-state index in [1.54, 1.807) is 43.5 Å². The number of methoxy groups -OCH3 is 1. The lowest BCUT2D eigenvalue weighted by Gasteiger charge is -2.25. The van der Waals surface area contributed by atoms with Gasteiger partial charge in [-0.15, -0.1) is 0 Å². The molecule has 6 heteroatoms. The van der Waals surface area contributed by atoms with Crippen LogP contribution in [0.1, 0.15) is 30.8 Å². The van der Waals surface area contributed by atoms with Crippen molar-refractivity contribution in [2.75, 3.05) is 14.2 Å². The van der Waals surface area contributed by atoms with Gasteiger partial charge in [-0.05, 0) is 37.3 Å². The van der Waals surface area contributed by atoms with E-state index in [1.807, 2.05) is 31.2 Å². The molecular weight excluding hydrogens is 359 g/mol. The zero-order valence-corrected chi connectivity index (χ0v) is 16.2. The van der Waals surface area contributed by atoms with Gasteiger partial charge in [-0.1, -0.05) is 18.2 Å². The van der Waals surface area contributed by atoms with E-state index in [-0.39, 0.29) is 24.2 Å². The highest BCUT2D eigenvalue weighted by atomic mass is 19.1. The fraction of sp³-hybridized carbons (Fsp3) is 0.273. The molecule has 2 aromatic carbocycles. The van der Waals surface area contributed by atoms with Crippen molar-refractivity contribution in [1.29, 1.82) is 0 Å². The number of carbonyl (C=O) groups is 1. The maximum atomic E-state index is 14.0. The number of amides is 1. The molecule has 0 fully saturated rings. The largest absolute Gasteiger partial charge is 0.497 e. The maximum absolute atomic E-state index is 14.0. The minimum Gasteiger partial charge on any atom is -0.497 e. The number of hydrogen-bond acceptors (Lipinski definition) is 4. The van der Waals surface area contributed by atoms with Gasteiger partial charge in [0, 0.05) is 31.0 Å². The quantitative estimate of drug-likeness (QED) is 0.597. The number of carbonyl (C=O) groups excluding carboxylic acids is 1. The van der Waals surface area contributed by atoms with Crippen LogP contribution < -0.4 is 4.74 Å². The third-order valence-corrected chi connectivity index (χ3v) is 4.81. The summed E-state index contributed by atoms with van der Waals surface area (Å²) in [5.41, 5.74) is 1.38. The van der Waals surface area contributed by atoms with Gasteiger partial charge < -0.3 is 14.1 Å². The van der Waals surface area contributed by atoms with Crippen molar-refractivity contribution in [1.82, 2.24) is 9.88 Å². The van der Waals surface area contributed by atoms with Crippen LogP contribution in [0.4, 0.5) is 4.39 Å². The van der Waals surface area contributed by atoms with Gasteiger partial charge >= 0.3 is 0 Å². The molecule has 1 unspecified atom stereocenters. The monoisotopic (exact) mass is 382 g/mol. The molecule has 0 saturated carbocycles. The van der Waals surface area contributed by atoms with Crippen molar-refractivity contribution in [3.8, 4) is 17.1 Å². The molecule has 3 rings (SSSR count). The Morgan fingerprint density at radius 3 is 2.61 bits per heavy atom. The Hall–Kier alpha value is -3.15. The van der Waals surface area contributed by atoms with Crippen LogP contribution in [0.3, 0.4) is 0 Å². The Balaban J connectivity index is 1.60. The molecule has 1 amide bonds. The second kappa shape index (κ2) is 8.69. The van der Waals surface area contributed by atoms with E-state index in [0.29, 0.717) is 23.6 Å². The summed E-state index contributed by atoms with van der Waals surface area (Å²) >= 11 is 0. The van der Waals surface area contributed by atoms with Crippen LogP contribution in [0, 0.1) is 5.82 Å². The van der Waals surface area contributed by atoms with Crippen molar-refractivity contribution in [3.63, 3.8) is 0 Å². The Kier molecular flexibility index (Phi) is 6.09. The number of aryl methyl sites for hydroxylation is 1. The van der Waals surface area contributed by atoms with E-state index in [1.165, 1.54) is 6.07 Å². The summed E-state index contributed by atoms with van der Waals surface area (Å²) in [6.07, 6.45) is 2.26. The van der Waals surface area contributed by atoms with Crippen molar-refractivity contribution in [3.05, 3.63) is 72.0 Å². The number of hydrogen-bond donors (Lipinski definition) is 0. The number of ether oxygens (including phenoxy) is 1. The van der Waals surface area contributed by atoms with Crippen molar-refractivity contribution in [2.45, 2.75) is 25.8 Å². The normalized spacial score (nSPS) is 11.9. The van der Waals surface area contributed by atoms with E-state index >= 15 is 0 Å². The second-order valence-corrected chi connectivity index (χ2v) is 6.55. The molecule has 28 heavy (non-hydrogen) atoms. The number of nitrogens with zero attached hydrogens (tertiary/aromatic N) is 2. The highest BCUT2D eigenvalue weighted by Crippen LogP contribution is 2.25. The summed E-state index contributed by atoms with van der Waals surface area (Å²) in [5, 5.41) is 0. The van der Waals surface area contributed by atoms with Gasteiger partial charge in [-0.2, -0.15) is 0 Å². The third kappa shape index (κ3) is 4.39. The predicted octanol–water partition coefficient (Wildman–Crippen LogP) is 4.64. The molecule has 0 saturated heterocycles. The number of rotatable bonds is 7. The number of aromatic nitrogens is 1. The van der Waals surface area contributed by atoms with Crippen molar-refractivity contribution in [2.24, 2.45) is 0 Å². The lowest BCUT2D eigenvalue weighted by Crippen LogP contribution is -2.30. The van der Waals surface area contributed by atoms with Crippen LogP contribution in [-0.4, -0.2) is 29.9 Å². The lowest BCUT2D eigenvalue weighted by atomic mass is 10.1. The molecule has 0 N–H and O–H groups in total. The molecule has 0 bridgehead atoms. The highest BCUT2D eigenvalue weighted by molar-refractivity contribution is 5.76. The summed E-state index contributed by atoms with van der Waals surface area (Å²) in [7, 11) is 3.29. The van der Waals surface area contributed by atoms with E-state index in [4.69, 9.17) is 9.15 Å². The van der Waals surface area contributed by atoms with Gasteiger partial charge in [0.1, 0.15) is 11.6 Å². The van der Waals surface area contributed by atoms with Gasteiger partial charge in [0.2, 0.25) is 5.91 Å². The zero-order chi connectivity index (χ0) is 20.1. The molecule has 0 aliphatic heterocycles. The third-order valence-electron chi connectivity index (χ3n) is 4.81. The molecule has 1 aromatic heterocycles. The fourth-order valence-corrected chi connectivity index (χ4v) is 2.94. The molecule has 1 heterocycles. The van der Waals surface area contributed by atoms with Crippen molar-refractivity contribution >= 4 is 5.91 Å². The van der Waals surface area contributed by atoms with Gasteiger partial charge in [-0.3, -0.25) is 4.79 Å². The van der Waals surface area contributed by atoms with E-state index < -0.39 is 0 Å². The SMILES string of the molecule is COc1ccc(-c2cnc(CCC(=O)N(C)C(C)c3ccccc3F)o2)cc1. The molecule has 1 atom stereocenters. The molecule has 0 aliphatic rings. The summed E-state index contributed by atoms with van der Waals surface area (Å²) < 4.78 is 24.9. The van der Waals surface area contributed by atoms with E-state index in [0.717, 1.165) is 11.3 Å². The molecule has 5 nitrogen and oxygen atoms in total. The second-order valence-electron chi connectivity index (χ2n) is 6.55. The standard InChI is InChI=1S/C22H23FN2O3/c1-15(18-6-4-5-7-19(18)23)25(2)22(26)13-12-21-24-14-20(28-21)16-8-10-17(27-3)11-9-16/h4-11,14-15H,12-13H2,1-3H3. The van der Waals surface area contributed by atoms with Crippen LogP contribution in [0.15, 0.2) is 59.1 Å². The van der Waals surface area contributed by atoms with E-state index in [2.05, 4.69) is 4.98 Å². The Morgan fingerprint density at radius 1 is 1.21 bits per heavy atom. The van der Waals surface area contributed by atoms with Crippen LogP contribution in [0.25, 0.3) is 11.3 Å². The predicted molar refractivity (Wildman–Crippen MR) is 104 cm³/mol. The number of halogens is 1. The minimum atomic E-state index is -0.354. The smallest absolute Gasteiger partial charge is 0.223 e. The molecule has 3 aromatic rings. The zero-order valence-electron chi connectivity index (χ0n) is 16.2. The Morgan fingerprint density at radius 2 is 1.93 bits per heavy atom. The van der Waals surface area contributed by atoms with Crippen LogP contribution in [-0.2, 0) is 11.2 Å². The minimum absolute atomic E-state index is 0.0973. The maximum Gasteiger partial charge on any atom is 0.223 e. The van der Waals surface area contributed by atoms with Crippen LogP contribution >= 0.6 is 0 Å². The topological polar surface area (TPSA) is 55.6 Å². The van der Waals surface area contributed by atoms with E-state index in [9.17, 15) is 9.18 Å². The van der Waals surface area contributed by atoms with Gasteiger partial charge in [0.05, 0.1) is 19.3 Å². The summed E-state index contributed by atoms with van der Waals surface area (Å²) in [6, 6.07) is 13.6. The summed E-state index contributed by atoms with van der Waals surface area (Å²) in [4.78, 5) is 18.3. The Bertz CT molecular complexity index is 937. The first-order valence-corrected chi connectivity index (χ1v) is 9.09. The number of oxazole rings is 1. The average Bonchev–Trinajstić information content (AvgIpc) is 3.20. The first-order valence-electron chi connectivity index (χ1n) is 9.09.